The zero-order valence-electron chi connectivity index (χ0n) is 11.9. The van der Waals surface area contributed by atoms with Crippen LogP contribution in [0.3, 0.4) is 0 Å². The molecule has 0 radical (unpaired) electrons. The molecule has 0 spiro atoms. The quantitative estimate of drug-likeness (QED) is 0.824. The van der Waals surface area contributed by atoms with Gasteiger partial charge in [-0.25, -0.2) is 0 Å². The summed E-state index contributed by atoms with van der Waals surface area (Å²) >= 11 is 0. The molecule has 2 fully saturated rings. The Balaban J connectivity index is 1.72. The van der Waals surface area contributed by atoms with Crippen LogP contribution in [0.5, 0.6) is 0 Å². The summed E-state index contributed by atoms with van der Waals surface area (Å²) in [6.07, 6.45) is 0. The Hall–Kier alpha value is -0.910. The monoisotopic (exact) mass is 266 g/mol. The van der Waals surface area contributed by atoms with Gasteiger partial charge in [0.05, 0.1) is 25.5 Å². The zero-order chi connectivity index (χ0) is 13.5. The van der Waals surface area contributed by atoms with E-state index >= 15 is 0 Å². The lowest BCUT2D eigenvalue weighted by Gasteiger charge is -2.26. The fourth-order valence-electron chi connectivity index (χ4n) is 3.51. The number of fused-ring (bicyclic) bond motifs is 1. The van der Waals surface area contributed by atoms with Crippen LogP contribution in [0.2, 0.25) is 0 Å². The molecule has 0 unspecified atom stereocenters. The second-order valence-corrected chi connectivity index (χ2v) is 5.98. The second kappa shape index (κ2) is 4.89. The van der Waals surface area contributed by atoms with E-state index in [1.165, 1.54) is 5.56 Å². The standard InChI is InChI=1S/C14H22N2O3/c1-10-13(11(2)19-15-10)5-16-4-12-6-18-9-14(12,7-16)8-17-3/h12H,4-9H2,1-3H3/t12-,14-/m0/s1. The first kappa shape index (κ1) is 13.1. The van der Waals surface area contributed by atoms with E-state index in [0.717, 1.165) is 50.9 Å². The van der Waals surface area contributed by atoms with E-state index in [1.54, 1.807) is 7.11 Å². The Morgan fingerprint density at radius 3 is 3.00 bits per heavy atom. The predicted molar refractivity (Wildman–Crippen MR) is 69.9 cm³/mol. The van der Waals surface area contributed by atoms with E-state index in [2.05, 4.69) is 10.1 Å². The molecule has 2 aliphatic rings. The highest BCUT2D eigenvalue weighted by atomic mass is 16.5. The van der Waals surface area contributed by atoms with Gasteiger partial charge >= 0.3 is 0 Å². The largest absolute Gasteiger partial charge is 0.384 e. The number of methoxy groups -OCH3 is 1. The van der Waals surface area contributed by atoms with Crippen molar-refractivity contribution in [2.24, 2.45) is 11.3 Å². The van der Waals surface area contributed by atoms with Gasteiger partial charge in [0.15, 0.2) is 0 Å². The van der Waals surface area contributed by atoms with E-state index in [9.17, 15) is 0 Å². The van der Waals surface area contributed by atoms with Crippen LogP contribution >= 0.6 is 0 Å². The van der Waals surface area contributed by atoms with Gasteiger partial charge in [0.1, 0.15) is 5.76 Å². The van der Waals surface area contributed by atoms with E-state index in [0.29, 0.717) is 5.92 Å². The summed E-state index contributed by atoms with van der Waals surface area (Å²) in [6, 6.07) is 0. The number of hydrogen-bond acceptors (Lipinski definition) is 5. The van der Waals surface area contributed by atoms with Gasteiger partial charge in [0.2, 0.25) is 0 Å². The molecule has 106 valence electrons. The number of ether oxygens (including phenoxy) is 2. The third-order valence-electron chi connectivity index (χ3n) is 4.59. The number of rotatable bonds is 4. The van der Waals surface area contributed by atoms with Gasteiger partial charge in [-0.05, 0) is 13.8 Å². The number of hydrogen-bond donors (Lipinski definition) is 0. The minimum Gasteiger partial charge on any atom is -0.384 e. The SMILES string of the molecule is COC[C@@]12COC[C@@H]1CN(Cc1c(C)noc1C)C2. The van der Waals surface area contributed by atoms with Crippen LogP contribution in [-0.4, -0.2) is 50.1 Å². The molecule has 0 bridgehead atoms. The topological polar surface area (TPSA) is 47.7 Å². The molecule has 2 saturated heterocycles. The fourth-order valence-corrected chi connectivity index (χ4v) is 3.51. The average Bonchev–Trinajstić information content (AvgIpc) is 2.97. The number of aromatic nitrogens is 1. The molecule has 3 heterocycles. The summed E-state index contributed by atoms with van der Waals surface area (Å²) in [6.45, 7) is 9.50. The number of aryl methyl sites for hydroxylation is 2. The van der Waals surface area contributed by atoms with Crippen LogP contribution in [0.25, 0.3) is 0 Å². The summed E-state index contributed by atoms with van der Waals surface area (Å²) in [5, 5.41) is 4.03. The van der Waals surface area contributed by atoms with Gasteiger partial charge in [0, 0.05) is 43.6 Å². The van der Waals surface area contributed by atoms with Crippen molar-refractivity contribution in [3.63, 3.8) is 0 Å². The van der Waals surface area contributed by atoms with E-state index in [-0.39, 0.29) is 5.41 Å². The first-order chi connectivity index (χ1) is 9.14. The van der Waals surface area contributed by atoms with Crippen LogP contribution in [-0.2, 0) is 16.0 Å². The molecule has 1 aromatic heterocycles. The molecule has 5 heteroatoms. The van der Waals surface area contributed by atoms with Crippen LogP contribution < -0.4 is 0 Å². The molecule has 0 N–H and O–H groups in total. The molecule has 0 aromatic carbocycles. The molecule has 2 atom stereocenters. The van der Waals surface area contributed by atoms with Crippen molar-refractivity contribution >= 4 is 0 Å². The molecule has 0 amide bonds. The minimum absolute atomic E-state index is 0.188. The van der Waals surface area contributed by atoms with Crippen LogP contribution in [0.1, 0.15) is 17.0 Å². The maximum absolute atomic E-state index is 5.66. The summed E-state index contributed by atoms with van der Waals surface area (Å²) in [4.78, 5) is 2.48. The Morgan fingerprint density at radius 1 is 1.47 bits per heavy atom. The Kier molecular flexibility index (Phi) is 3.37. The zero-order valence-corrected chi connectivity index (χ0v) is 11.9. The average molecular weight is 266 g/mol. The molecule has 0 saturated carbocycles. The molecule has 1 aromatic rings. The Labute approximate surface area is 113 Å². The van der Waals surface area contributed by atoms with Gasteiger partial charge in [-0.1, -0.05) is 5.16 Å². The van der Waals surface area contributed by atoms with Crippen LogP contribution in [0, 0.1) is 25.2 Å². The highest BCUT2D eigenvalue weighted by Gasteiger charge is 2.50. The fraction of sp³-hybridized carbons (Fsp3) is 0.786. The molecule has 0 aliphatic carbocycles. The van der Waals surface area contributed by atoms with Crippen molar-refractivity contribution in [3.8, 4) is 0 Å². The predicted octanol–water partition coefficient (Wildman–Crippen LogP) is 1.39. The first-order valence-electron chi connectivity index (χ1n) is 6.85. The summed E-state index contributed by atoms with van der Waals surface area (Å²) in [5.74, 6) is 1.53. The maximum atomic E-state index is 5.66. The van der Waals surface area contributed by atoms with Crippen LogP contribution in [0.15, 0.2) is 4.52 Å². The van der Waals surface area contributed by atoms with Crippen molar-refractivity contribution < 1.29 is 14.0 Å². The number of likely N-dealkylation sites (tertiary alicyclic amines) is 1. The third-order valence-corrected chi connectivity index (χ3v) is 4.59. The second-order valence-electron chi connectivity index (χ2n) is 5.98. The van der Waals surface area contributed by atoms with Crippen molar-refractivity contribution in [2.45, 2.75) is 20.4 Å². The van der Waals surface area contributed by atoms with Crippen molar-refractivity contribution in [3.05, 3.63) is 17.0 Å². The van der Waals surface area contributed by atoms with Gasteiger partial charge in [-0.2, -0.15) is 0 Å². The molecular weight excluding hydrogens is 244 g/mol. The molecular formula is C14H22N2O3. The lowest BCUT2D eigenvalue weighted by molar-refractivity contribution is 0.0532. The van der Waals surface area contributed by atoms with Gasteiger partial charge < -0.3 is 14.0 Å². The van der Waals surface area contributed by atoms with E-state index in [1.807, 2.05) is 13.8 Å². The summed E-state index contributed by atoms with van der Waals surface area (Å²) in [5.41, 5.74) is 2.42. The van der Waals surface area contributed by atoms with Crippen molar-refractivity contribution in [2.75, 3.05) is 40.0 Å². The normalized spacial score (nSPS) is 31.0. The minimum atomic E-state index is 0.188. The smallest absolute Gasteiger partial charge is 0.138 e. The van der Waals surface area contributed by atoms with E-state index < -0.39 is 0 Å². The molecule has 3 rings (SSSR count). The lowest BCUT2D eigenvalue weighted by atomic mass is 9.82. The number of nitrogens with zero attached hydrogens (tertiary/aromatic N) is 2. The summed E-state index contributed by atoms with van der Waals surface area (Å²) < 4.78 is 16.3. The molecule has 19 heavy (non-hydrogen) atoms. The Bertz CT molecular complexity index is 440. The first-order valence-corrected chi connectivity index (χ1v) is 6.85. The maximum Gasteiger partial charge on any atom is 0.138 e. The van der Waals surface area contributed by atoms with E-state index in [4.69, 9.17) is 14.0 Å². The van der Waals surface area contributed by atoms with Gasteiger partial charge in [-0.15, -0.1) is 0 Å². The van der Waals surface area contributed by atoms with Crippen LogP contribution in [0.4, 0.5) is 0 Å². The highest BCUT2D eigenvalue weighted by Crippen LogP contribution is 2.42. The highest BCUT2D eigenvalue weighted by molar-refractivity contribution is 5.21. The van der Waals surface area contributed by atoms with Gasteiger partial charge in [-0.3, -0.25) is 4.90 Å². The summed E-state index contributed by atoms with van der Waals surface area (Å²) in [7, 11) is 1.78. The molecule has 5 nitrogen and oxygen atoms in total. The van der Waals surface area contributed by atoms with Gasteiger partial charge in [0.25, 0.3) is 0 Å². The lowest BCUT2D eigenvalue weighted by Crippen LogP contribution is -2.35. The van der Waals surface area contributed by atoms with Crippen molar-refractivity contribution in [1.82, 2.24) is 10.1 Å². The Morgan fingerprint density at radius 2 is 2.32 bits per heavy atom. The van der Waals surface area contributed by atoms with Crippen molar-refractivity contribution in [1.29, 1.82) is 0 Å². The third kappa shape index (κ3) is 2.20. The molecule has 2 aliphatic heterocycles.